The van der Waals surface area contributed by atoms with E-state index in [9.17, 15) is 9.59 Å². The lowest BCUT2D eigenvalue weighted by Crippen LogP contribution is -2.56. The van der Waals surface area contributed by atoms with Crippen LogP contribution < -0.4 is 10.1 Å². The zero-order chi connectivity index (χ0) is 16.1. The summed E-state index contributed by atoms with van der Waals surface area (Å²) in [5.41, 5.74) is 0.779. The molecule has 2 rings (SSSR count). The summed E-state index contributed by atoms with van der Waals surface area (Å²) >= 11 is 6.12. The Balaban J connectivity index is 1.94. The number of nitrogens with zero attached hydrogens (tertiary/aromatic N) is 1. The summed E-state index contributed by atoms with van der Waals surface area (Å²) in [6.45, 7) is 5.83. The minimum Gasteiger partial charge on any atom is -0.492 e. The number of hydrogen-bond donors (Lipinski definition) is 1. The van der Waals surface area contributed by atoms with Crippen LogP contribution in [0.5, 0.6) is 5.75 Å². The zero-order valence-electron chi connectivity index (χ0n) is 12.9. The van der Waals surface area contributed by atoms with Gasteiger partial charge in [0.2, 0.25) is 11.8 Å². The fraction of sp³-hybridized carbons (Fsp3) is 0.500. The predicted molar refractivity (Wildman–Crippen MR) is 85.1 cm³/mol. The van der Waals surface area contributed by atoms with Gasteiger partial charge in [-0.05, 0) is 19.9 Å². The molecular weight excluding hydrogens is 304 g/mol. The first-order chi connectivity index (χ1) is 10.6. The van der Waals surface area contributed by atoms with Crippen molar-refractivity contribution in [1.82, 2.24) is 10.2 Å². The van der Waals surface area contributed by atoms with Crippen LogP contribution in [-0.4, -0.2) is 43.0 Å². The molecule has 5 nitrogen and oxygen atoms in total. The number of carbonyl (C=O) groups is 2. The summed E-state index contributed by atoms with van der Waals surface area (Å²) in [5, 5.41) is 3.29. The molecule has 120 valence electrons. The number of hydrogen-bond acceptors (Lipinski definition) is 3. The SMILES string of the molecule is CCNC(=O)C1CN(C(=O)Cc2cccc(Cl)c2OCC)C1. The molecule has 1 aromatic carbocycles. The molecule has 0 atom stereocenters. The molecule has 1 saturated heterocycles. The third-order valence-electron chi connectivity index (χ3n) is 3.63. The molecule has 0 aliphatic carbocycles. The maximum Gasteiger partial charge on any atom is 0.227 e. The van der Waals surface area contributed by atoms with Crippen molar-refractivity contribution < 1.29 is 14.3 Å². The van der Waals surface area contributed by atoms with Crippen LogP contribution in [0.4, 0.5) is 0 Å². The van der Waals surface area contributed by atoms with Gasteiger partial charge in [0.1, 0.15) is 5.75 Å². The van der Waals surface area contributed by atoms with Crippen LogP contribution in [0.3, 0.4) is 0 Å². The average molecular weight is 325 g/mol. The van der Waals surface area contributed by atoms with Gasteiger partial charge in [0.25, 0.3) is 0 Å². The zero-order valence-corrected chi connectivity index (χ0v) is 13.7. The van der Waals surface area contributed by atoms with E-state index in [0.29, 0.717) is 37.0 Å². The Morgan fingerprint density at radius 3 is 2.73 bits per heavy atom. The lowest BCUT2D eigenvalue weighted by molar-refractivity contribution is -0.142. The van der Waals surface area contributed by atoms with Gasteiger partial charge in [-0.15, -0.1) is 0 Å². The Hall–Kier alpha value is -1.75. The molecule has 1 fully saturated rings. The van der Waals surface area contributed by atoms with Crippen molar-refractivity contribution in [3.63, 3.8) is 0 Å². The number of halogens is 1. The van der Waals surface area contributed by atoms with Crippen molar-refractivity contribution in [3.05, 3.63) is 28.8 Å². The summed E-state index contributed by atoms with van der Waals surface area (Å²) in [6.07, 6.45) is 0.234. The molecule has 0 bridgehead atoms. The van der Waals surface area contributed by atoms with Gasteiger partial charge in [-0.3, -0.25) is 9.59 Å². The standard InChI is InChI=1S/C16H21ClN2O3/c1-3-18-16(21)12-9-19(10-12)14(20)8-11-6-5-7-13(17)15(11)22-4-2/h5-7,12H,3-4,8-10H2,1-2H3,(H,18,21). The van der Waals surface area contributed by atoms with E-state index in [1.165, 1.54) is 0 Å². The number of ether oxygens (including phenoxy) is 1. The van der Waals surface area contributed by atoms with Gasteiger partial charge >= 0.3 is 0 Å². The number of rotatable bonds is 6. The molecule has 6 heteroatoms. The predicted octanol–water partition coefficient (Wildman–Crippen LogP) is 1.88. The van der Waals surface area contributed by atoms with Gasteiger partial charge < -0.3 is 15.0 Å². The highest BCUT2D eigenvalue weighted by atomic mass is 35.5. The summed E-state index contributed by atoms with van der Waals surface area (Å²) in [5.74, 6) is 0.489. The third-order valence-corrected chi connectivity index (χ3v) is 3.93. The smallest absolute Gasteiger partial charge is 0.227 e. The lowest BCUT2D eigenvalue weighted by Gasteiger charge is -2.38. The Kier molecular flexibility index (Phi) is 5.66. The maximum atomic E-state index is 12.3. The first-order valence-corrected chi connectivity index (χ1v) is 7.90. The van der Waals surface area contributed by atoms with Crippen LogP contribution in [0.25, 0.3) is 0 Å². The van der Waals surface area contributed by atoms with Gasteiger partial charge in [0.05, 0.1) is 24.0 Å². The number of nitrogens with one attached hydrogen (secondary N) is 1. The van der Waals surface area contributed by atoms with E-state index < -0.39 is 0 Å². The molecule has 1 aliphatic rings. The molecular formula is C16H21ClN2O3. The summed E-state index contributed by atoms with van der Waals surface area (Å²) in [6, 6.07) is 5.40. The van der Waals surface area contributed by atoms with E-state index in [4.69, 9.17) is 16.3 Å². The van der Waals surface area contributed by atoms with E-state index in [1.54, 1.807) is 17.0 Å². The molecule has 0 aromatic heterocycles. The van der Waals surface area contributed by atoms with Gasteiger partial charge in [-0.2, -0.15) is 0 Å². The van der Waals surface area contributed by atoms with Crippen LogP contribution in [0.1, 0.15) is 19.4 Å². The number of carbonyl (C=O) groups excluding carboxylic acids is 2. The highest BCUT2D eigenvalue weighted by molar-refractivity contribution is 6.32. The molecule has 0 radical (unpaired) electrons. The summed E-state index contributed by atoms with van der Waals surface area (Å²) < 4.78 is 5.52. The maximum absolute atomic E-state index is 12.3. The number of para-hydroxylation sites is 1. The van der Waals surface area contributed by atoms with Gasteiger partial charge in [-0.1, -0.05) is 23.7 Å². The Labute approximate surface area is 135 Å². The van der Waals surface area contributed by atoms with Crippen molar-refractivity contribution in [2.75, 3.05) is 26.2 Å². The van der Waals surface area contributed by atoms with Crippen LogP contribution in [0.2, 0.25) is 5.02 Å². The summed E-state index contributed by atoms with van der Waals surface area (Å²) in [7, 11) is 0. The van der Waals surface area contributed by atoms with Crippen molar-refractivity contribution in [2.24, 2.45) is 5.92 Å². The molecule has 22 heavy (non-hydrogen) atoms. The topological polar surface area (TPSA) is 58.6 Å². The van der Waals surface area contributed by atoms with Crippen LogP contribution >= 0.6 is 11.6 Å². The van der Waals surface area contributed by atoms with E-state index in [1.807, 2.05) is 19.9 Å². The average Bonchev–Trinajstić information content (AvgIpc) is 2.41. The Morgan fingerprint density at radius 1 is 1.36 bits per heavy atom. The van der Waals surface area contributed by atoms with Crippen molar-refractivity contribution in [1.29, 1.82) is 0 Å². The number of benzene rings is 1. The third kappa shape index (κ3) is 3.71. The molecule has 1 aliphatic heterocycles. The van der Waals surface area contributed by atoms with Crippen LogP contribution in [0, 0.1) is 5.92 Å². The molecule has 0 saturated carbocycles. The largest absolute Gasteiger partial charge is 0.492 e. The molecule has 1 N–H and O–H groups in total. The quantitative estimate of drug-likeness (QED) is 0.869. The molecule has 1 heterocycles. The highest BCUT2D eigenvalue weighted by Crippen LogP contribution is 2.30. The fourth-order valence-electron chi connectivity index (χ4n) is 2.44. The van der Waals surface area contributed by atoms with Gasteiger partial charge in [-0.25, -0.2) is 0 Å². The van der Waals surface area contributed by atoms with E-state index in [-0.39, 0.29) is 24.2 Å². The highest BCUT2D eigenvalue weighted by Gasteiger charge is 2.35. The van der Waals surface area contributed by atoms with Gasteiger partial charge in [0, 0.05) is 25.2 Å². The summed E-state index contributed by atoms with van der Waals surface area (Å²) in [4.78, 5) is 25.6. The fourth-order valence-corrected chi connectivity index (χ4v) is 2.69. The van der Waals surface area contributed by atoms with E-state index >= 15 is 0 Å². The van der Waals surface area contributed by atoms with Gasteiger partial charge in [0.15, 0.2) is 0 Å². The van der Waals surface area contributed by atoms with Crippen LogP contribution in [0.15, 0.2) is 18.2 Å². The first kappa shape index (κ1) is 16.6. The van der Waals surface area contributed by atoms with Crippen molar-refractivity contribution >= 4 is 23.4 Å². The Bertz CT molecular complexity index is 556. The molecule has 0 spiro atoms. The van der Waals surface area contributed by atoms with E-state index in [0.717, 1.165) is 5.56 Å². The lowest BCUT2D eigenvalue weighted by atomic mass is 9.97. The molecule has 2 amide bonds. The second-order valence-corrected chi connectivity index (χ2v) is 5.64. The number of likely N-dealkylation sites (tertiary alicyclic amines) is 1. The normalized spacial score (nSPS) is 14.4. The molecule has 0 unspecified atom stereocenters. The second-order valence-electron chi connectivity index (χ2n) is 5.23. The van der Waals surface area contributed by atoms with Crippen LogP contribution in [-0.2, 0) is 16.0 Å². The molecule has 1 aromatic rings. The monoisotopic (exact) mass is 324 g/mol. The van der Waals surface area contributed by atoms with E-state index in [2.05, 4.69) is 5.32 Å². The number of amides is 2. The minimum absolute atomic E-state index is 0.0104. The second kappa shape index (κ2) is 7.49. The Morgan fingerprint density at radius 2 is 2.09 bits per heavy atom. The minimum atomic E-state index is -0.0883. The van der Waals surface area contributed by atoms with Crippen molar-refractivity contribution in [3.8, 4) is 5.75 Å². The first-order valence-electron chi connectivity index (χ1n) is 7.52. The van der Waals surface area contributed by atoms with Crippen molar-refractivity contribution in [2.45, 2.75) is 20.3 Å².